The Morgan fingerprint density at radius 2 is 1.79 bits per heavy atom. The average Bonchev–Trinajstić information content (AvgIpc) is 2.78. The summed E-state index contributed by atoms with van der Waals surface area (Å²) in [6.45, 7) is 3.88. The number of hydrogen-bond donors (Lipinski definition) is 0. The monoisotopic (exact) mass is 386 g/mol. The second-order valence-electron chi connectivity index (χ2n) is 6.70. The summed E-state index contributed by atoms with van der Waals surface area (Å²) in [6, 6.07) is 21.8. The Morgan fingerprint density at radius 1 is 1.00 bits per heavy atom. The van der Waals surface area contributed by atoms with Gasteiger partial charge < -0.3 is 9.64 Å². The van der Waals surface area contributed by atoms with Gasteiger partial charge in [0.15, 0.2) is 0 Å². The van der Waals surface area contributed by atoms with Crippen molar-refractivity contribution in [1.82, 2.24) is 9.88 Å². The number of carbonyl (C=O) groups is 1. The standard InChI is InChI=1S/C25H26N2O2/c1-2-27(18-15-21-13-16-26-17-14-21)25(28)12-11-22-9-6-10-24(19-22)29-20-23-7-4-3-5-8-23/h3-14,16-17,19H,2,15,18,20H2,1H3/b12-11+. The zero-order chi connectivity index (χ0) is 20.3. The Labute approximate surface area is 172 Å². The first kappa shape index (κ1) is 20.3. The third-order valence-corrected chi connectivity index (χ3v) is 4.64. The first-order valence-corrected chi connectivity index (χ1v) is 9.87. The maximum Gasteiger partial charge on any atom is 0.246 e. The minimum atomic E-state index is 0.0113. The highest BCUT2D eigenvalue weighted by Gasteiger charge is 2.08. The van der Waals surface area contributed by atoms with E-state index >= 15 is 0 Å². The maximum atomic E-state index is 12.6. The van der Waals surface area contributed by atoms with Crippen LogP contribution < -0.4 is 4.74 Å². The van der Waals surface area contributed by atoms with E-state index in [0.29, 0.717) is 19.7 Å². The number of aromatic nitrogens is 1. The molecule has 29 heavy (non-hydrogen) atoms. The van der Waals surface area contributed by atoms with Gasteiger partial charge in [-0.05, 0) is 60.4 Å². The van der Waals surface area contributed by atoms with Crippen molar-refractivity contribution in [3.63, 3.8) is 0 Å². The predicted molar refractivity (Wildman–Crippen MR) is 116 cm³/mol. The van der Waals surface area contributed by atoms with Gasteiger partial charge in [-0.3, -0.25) is 9.78 Å². The van der Waals surface area contributed by atoms with Crippen molar-refractivity contribution in [3.8, 4) is 5.75 Å². The predicted octanol–water partition coefficient (Wildman–Crippen LogP) is 4.77. The molecule has 148 valence electrons. The third-order valence-electron chi connectivity index (χ3n) is 4.64. The van der Waals surface area contributed by atoms with E-state index < -0.39 is 0 Å². The van der Waals surface area contributed by atoms with Crippen LogP contribution in [0.2, 0.25) is 0 Å². The molecule has 0 saturated heterocycles. The van der Waals surface area contributed by atoms with Gasteiger partial charge in [-0.2, -0.15) is 0 Å². The number of carbonyl (C=O) groups excluding carboxylic acids is 1. The summed E-state index contributed by atoms with van der Waals surface area (Å²) in [5.74, 6) is 0.797. The van der Waals surface area contributed by atoms with Crippen LogP contribution in [0.4, 0.5) is 0 Å². The van der Waals surface area contributed by atoms with Crippen LogP contribution in [0, 0.1) is 0 Å². The summed E-state index contributed by atoms with van der Waals surface area (Å²) >= 11 is 0. The molecule has 0 aliphatic heterocycles. The summed E-state index contributed by atoms with van der Waals surface area (Å²) in [4.78, 5) is 18.4. The van der Waals surface area contributed by atoms with E-state index in [1.165, 1.54) is 5.56 Å². The molecule has 1 aromatic heterocycles. The Morgan fingerprint density at radius 3 is 2.55 bits per heavy atom. The van der Waals surface area contributed by atoms with E-state index in [9.17, 15) is 4.79 Å². The molecule has 0 aliphatic rings. The van der Waals surface area contributed by atoms with E-state index in [1.54, 1.807) is 18.5 Å². The van der Waals surface area contributed by atoms with Gasteiger partial charge in [0.2, 0.25) is 5.91 Å². The molecule has 4 heteroatoms. The highest BCUT2D eigenvalue weighted by atomic mass is 16.5. The van der Waals surface area contributed by atoms with Crippen LogP contribution in [-0.4, -0.2) is 28.9 Å². The van der Waals surface area contributed by atoms with Crippen LogP contribution in [0.1, 0.15) is 23.6 Å². The molecule has 3 aromatic rings. The van der Waals surface area contributed by atoms with Crippen molar-refractivity contribution >= 4 is 12.0 Å². The summed E-state index contributed by atoms with van der Waals surface area (Å²) in [5.41, 5.74) is 3.24. The molecule has 0 bridgehead atoms. The number of pyridine rings is 1. The lowest BCUT2D eigenvalue weighted by atomic mass is 10.1. The molecule has 1 heterocycles. The molecule has 0 aliphatic carbocycles. The Bertz CT molecular complexity index is 924. The van der Waals surface area contributed by atoms with Gasteiger partial charge in [0, 0.05) is 31.6 Å². The van der Waals surface area contributed by atoms with Crippen molar-refractivity contribution in [2.75, 3.05) is 13.1 Å². The Balaban J connectivity index is 1.55. The fraction of sp³-hybridized carbons (Fsp3) is 0.200. The van der Waals surface area contributed by atoms with Gasteiger partial charge in [0.05, 0.1) is 0 Å². The average molecular weight is 386 g/mol. The van der Waals surface area contributed by atoms with Gasteiger partial charge in [-0.25, -0.2) is 0 Å². The molecule has 2 aromatic carbocycles. The number of amides is 1. The quantitative estimate of drug-likeness (QED) is 0.498. The lowest BCUT2D eigenvalue weighted by Gasteiger charge is -2.19. The van der Waals surface area contributed by atoms with Crippen LogP contribution >= 0.6 is 0 Å². The van der Waals surface area contributed by atoms with E-state index in [2.05, 4.69) is 4.98 Å². The normalized spacial score (nSPS) is 10.8. The zero-order valence-corrected chi connectivity index (χ0v) is 16.7. The fourth-order valence-electron chi connectivity index (χ4n) is 2.96. The topological polar surface area (TPSA) is 42.4 Å². The van der Waals surface area contributed by atoms with Crippen LogP contribution in [0.5, 0.6) is 5.75 Å². The molecule has 0 saturated carbocycles. The van der Waals surface area contributed by atoms with Gasteiger partial charge in [-0.1, -0.05) is 42.5 Å². The molecule has 0 N–H and O–H groups in total. The van der Waals surface area contributed by atoms with Crippen molar-refractivity contribution in [2.24, 2.45) is 0 Å². The molecule has 0 radical (unpaired) electrons. The summed E-state index contributed by atoms with van der Waals surface area (Å²) in [6.07, 6.45) is 7.85. The fourth-order valence-corrected chi connectivity index (χ4v) is 2.96. The van der Waals surface area contributed by atoms with Gasteiger partial charge in [-0.15, -0.1) is 0 Å². The molecular weight excluding hydrogens is 360 g/mol. The van der Waals surface area contributed by atoms with E-state index in [0.717, 1.165) is 23.3 Å². The van der Waals surface area contributed by atoms with Crippen LogP contribution in [0.15, 0.2) is 85.2 Å². The SMILES string of the molecule is CCN(CCc1ccncc1)C(=O)/C=C/c1cccc(OCc2ccccc2)c1. The Hall–Kier alpha value is -3.40. The van der Waals surface area contributed by atoms with E-state index in [1.807, 2.05) is 84.6 Å². The molecule has 4 nitrogen and oxygen atoms in total. The first-order chi connectivity index (χ1) is 14.2. The highest BCUT2D eigenvalue weighted by molar-refractivity contribution is 5.91. The second kappa shape index (κ2) is 10.8. The van der Waals surface area contributed by atoms with Crippen molar-refractivity contribution in [2.45, 2.75) is 20.0 Å². The van der Waals surface area contributed by atoms with Gasteiger partial charge in [0.1, 0.15) is 12.4 Å². The minimum Gasteiger partial charge on any atom is -0.489 e. The molecular formula is C25H26N2O2. The largest absolute Gasteiger partial charge is 0.489 e. The Kier molecular flexibility index (Phi) is 7.58. The van der Waals surface area contributed by atoms with Crippen molar-refractivity contribution < 1.29 is 9.53 Å². The van der Waals surface area contributed by atoms with Gasteiger partial charge in [0.25, 0.3) is 0 Å². The maximum absolute atomic E-state index is 12.6. The summed E-state index contributed by atoms with van der Waals surface area (Å²) in [5, 5.41) is 0. The van der Waals surface area contributed by atoms with Crippen molar-refractivity contribution in [1.29, 1.82) is 0 Å². The zero-order valence-electron chi connectivity index (χ0n) is 16.7. The number of benzene rings is 2. The molecule has 0 spiro atoms. The second-order valence-corrected chi connectivity index (χ2v) is 6.70. The van der Waals surface area contributed by atoms with Crippen molar-refractivity contribution in [3.05, 3.63) is 102 Å². The number of rotatable bonds is 9. The highest BCUT2D eigenvalue weighted by Crippen LogP contribution is 2.16. The van der Waals surface area contributed by atoms with E-state index in [4.69, 9.17) is 4.74 Å². The number of likely N-dealkylation sites (N-methyl/N-ethyl adjacent to an activating group) is 1. The van der Waals surface area contributed by atoms with E-state index in [-0.39, 0.29) is 5.91 Å². The van der Waals surface area contributed by atoms with Gasteiger partial charge >= 0.3 is 0 Å². The summed E-state index contributed by atoms with van der Waals surface area (Å²) in [7, 11) is 0. The smallest absolute Gasteiger partial charge is 0.246 e. The first-order valence-electron chi connectivity index (χ1n) is 9.87. The minimum absolute atomic E-state index is 0.0113. The molecule has 1 amide bonds. The number of hydrogen-bond acceptors (Lipinski definition) is 3. The molecule has 0 fully saturated rings. The summed E-state index contributed by atoms with van der Waals surface area (Å²) < 4.78 is 5.86. The molecule has 0 unspecified atom stereocenters. The number of nitrogens with zero attached hydrogens (tertiary/aromatic N) is 2. The lowest BCUT2D eigenvalue weighted by molar-refractivity contribution is -0.125. The van der Waals surface area contributed by atoms with Crippen LogP contribution in [-0.2, 0) is 17.8 Å². The number of ether oxygens (including phenoxy) is 1. The van der Waals surface area contributed by atoms with Crippen LogP contribution in [0.3, 0.4) is 0 Å². The third kappa shape index (κ3) is 6.61. The molecule has 3 rings (SSSR count). The van der Waals surface area contributed by atoms with Crippen LogP contribution in [0.25, 0.3) is 6.08 Å². The molecule has 0 atom stereocenters. The lowest BCUT2D eigenvalue weighted by Crippen LogP contribution is -2.31.